The molecule has 1 atom stereocenters. The van der Waals surface area contributed by atoms with E-state index < -0.39 is 22.0 Å². The number of anilines is 1. The summed E-state index contributed by atoms with van der Waals surface area (Å²) in [5.74, 6) is -0.455. The maximum absolute atomic E-state index is 13.4. The smallest absolute Gasteiger partial charge is 0.324 e. The van der Waals surface area contributed by atoms with Crippen LogP contribution in [-0.2, 0) is 14.8 Å². The number of amides is 2. The molecule has 2 saturated carbocycles. The summed E-state index contributed by atoms with van der Waals surface area (Å²) >= 11 is 0.888. The van der Waals surface area contributed by atoms with Crippen molar-refractivity contribution in [2.45, 2.75) is 99.9 Å². The first-order valence-electron chi connectivity index (χ1n) is 12.1. The number of aliphatic carboxylic acids is 1. The van der Waals surface area contributed by atoms with Gasteiger partial charge in [-0.25, -0.2) is 18.2 Å². The number of sulfonamides is 1. The Morgan fingerprint density at radius 1 is 1.06 bits per heavy atom. The summed E-state index contributed by atoms with van der Waals surface area (Å²) in [7, 11) is -3.97. The van der Waals surface area contributed by atoms with Crippen molar-refractivity contribution in [1.29, 1.82) is 0 Å². The molecular formula is C22H34N4O5S2. The number of carbonyl (C=O) groups excluding carboxylic acids is 1. The van der Waals surface area contributed by atoms with Crippen LogP contribution in [-0.4, -0.2) is 64.4 Å². The molecule has 0 aromatic carbocycles. The van der Waals surface area contributed by atoms with Crippen molar-refractivity contribution in [2.75, 3.05) is 11.9 Å². The largest absolute Gasteiger partial charge is 0.480 e. The lowest BCUT2D eigenvalue weighted by Crippen LogP contribution is -2.51. The summed E-state index contributed by atoms with van der Waals surface area (Å²) in [5.41, 5.74) is 0. The number of hydrogen-bond acceptors (Lipinski definition) is 6. The zero-order valence-corrected chi connectivity index (χ0v) is 20.7. The quantitative estimate of drug-likeness (QED) is 0.609. The van der Waals surface area contributed by atoms with E-state index >= 15 is 0 Å². The molecule has 184 valence electrons. The third-order valence-corrected chi connectivity index (χ3v) is 10.6. The van der Waals surface area contributed by atoms with E-state index in [1.165, 1.54) is 12.6 Å². The number of nitrogens with one attached hydrogen (secondary N) is 1. The zero-order chi connectivity index (χ0) is 23.6. The van der Waals surface area contributed by atoms with Crippen LogP contribution in [0.5, 0.6) is 0 Å². The molecule has 2 heterocycles. The lowest BCUT2D eigenvalue weighted by Gasteiger charge is -2.42. The van der Waals surface area contributed by atoms with Crippen molar-refractivity contribution < 1.29 is 23.1 Å². The Hall–Kier alpha value is -1.72. The summed E-state index contributed by atoms with van der Waals surface area (Å²) in [6.07, 6.45) is 11.7. The zero-order valence-electron chi connectivity index (χ0n) is 19.1. The van der Waals surface area contributed by atoms with Crippen molar-refractivity contribution in [3.05, 3.63) is 6.20 Å². The van der Waals surface area contributed by atoms with E-state index in [4.69, 9.17) is 0 Å². The number of carbonyl (C=O) groups is 2. The normalized spacial score (nSPS) is 27.4. The van der Waals surface area contributed by atoms with Crippen molar-refractivity contribution in [2.24, 2.45) is 5.92 Å². The average Bonchev–Trinajstić information content (AvgIpc) is 3.47. The fourth-order valence-electron chi connectivity index (χ4n) is 5.49. The molecule has 1 aromatic heterocycles. The summed E-state index contributed by atoms with van der Waals surface area (Å²) in [6, 6.07) is -0.843. The first kappa shape index (κ1) is 24.4. The molecule has 2 amide bonds. The van der Waals surface area contributed by atoms with Gasteiger partial charge in [-0.15, -0.1) is 0 Å². The number of hydrogen-bond donors (Lipinski definition) is 2. The van der Waals surface area contributed by atoms with Gasteiger partial charge in [-0.2, -0.15) is 4.31 Å². The minimum atomic E-state index is -3.97. The highest BCUT2D eigenvalue weighted by Gasteiger charge is 2.41. The molecule has 9 nitrogen and oxygen atoms in total. The molecule has 4 rings (SSSR count). The SMILES string of the molecule is C[C@H]1CC[C@H](N(C(=O)Nc2ncc(S(=O)(=O)N3CCC[C@@H]3C(=O)O)s2)C2CCCCC2)CC1. The second kappa shape index (κ2) is 10.3. The van der Waals surface area contributed by atoms with Gasteiger partial charge in [0.15, 0.2) is 9.34 Å². The Labute approximate surface area is 199 Å². The molecule has 0 spiro atoms. The first-order chi connectivity index (χ1) is 15.8. The van der Waals surface area contributed by atoms with Gasteiger partial charge in [0.05, 0.1) is 6.20 Å². The van der Waals surface area contributed by atoms with Crippen molar-refractivity contribution in [1.82, 2.24) is 14.2 Å². The number of carboxylic acids is 1. The monoisotopic (exact) mass is 498 g/mol. The van der Waals surface area contributed by atoms with Crippen molar-refractivity contribution in [3.63, 3.8) is 0 Å². The Morgan fingerprint density at radius 2 is 1.73 bits per heavy atom. The average molecular weight is 499 g/mol. The summed E-state index contributed by atoms with van der Waals surface area (Å²) in [5, 5.41) is 12.5. The lowest BCUT2D eigenvalue weighted by molar-refractivity contribution is -0.140. The van der Waals surface area contributed by atoms with E-state index in [2.05, 4.69) is 17.2 Å². The lowest BCUT2D eigenvalue weighted by atomic mass is 9.84. The van der Waals surface area contributed by atoms with Gasteiger partial charge in [0.2, 0.25) is 0 Å². The molecular weight excluding hydrogens is 464 g/mol. The Morgan fingerprint density at radius 3 is 2.39 bits per heavy atom. The van der Waals surface area contributed by atoms with Crippen LogP contribution in [0, 0.1) is 5.92 Å². The van der Waals surface area contributed by atoms with E-state index in [1.54, 1.807) is 0 Å². The van der Waals surface area contributed by atoms with Crippen LogP contribution < -0.4 is 5.32 Å². The number of thiazole rings is 1. The van der Waals surface area contributed by atoms with Crippen LogP contribution in [0.15, 0.2) is 10.4 Å². The first-order valence-corrected chi connectivity index (χ1v) is 14.3. The number of rotatable bonds is 6. The Kier molecular flexibility index (Phi) is 7.59. The molecule has 0 bridgehead atoms. The van der Waals surface area contributed by atoms with Crippen LogP contribution in [0.1, 0.15) is 77.6 Å². The number of aromatic nitrogens is 1. The summed E-state index contributed by atoms with van der Waals surface area (Å²) in [6.45, 7) is 2.43. The molecule has 1 saturated heterocycles. The molecule has 2 N–H and O–H groups in total. The van der Waals surface area contributed by atoms with Crippen LogP contribution in [0.4, 0.5) is 9.93 Å². The molecule has 1 aromatic rings. The highest BCUT2D eigenvalue weighted by Crippen LogP contribution is 2.34. The van der Waals surface area contributed by atoms with E-state index in [-0.39, 0.29) is 34.0 Å². The molecule has 11 heteroatoms. The van der Waals surface area contributed by atoms with Crippen LogP contribution >= 0.6 is 11.3 Å². The Balaban J connectivity index is 1.49. The van der Waals surface area contributed by atoms with Gasteiger partial charge in [0.25, 0.3) is 10.0 Å². The van der Waals surface area contributed by atoms with E-state index in [1.807, 2.05) is 4.90 Å². The molecule has 3 fully saturated rings. The highest BCUT2D eigenvalue weighted by atomic mass is 32.2. The highest BCUT2D eigenvalue weighted by molar-refractivity contribution is 7.91. The Bertz CT molecular complexity index is 952. The minimum absolute atomic E-state index is 0.0401. The van der Waals surface area contributed by atoms with E-state index in [9.17, 15) is 23.1 Å². The van der Waals surface area contributed by atoms with E-state index in [0.717, 1.165) is 67.0 Å². The minimum Gasteiger partial charge on any atom is -0.480 e. The number of nitrogens with zero attached hydrogens (tertiary/aromatic N) is 3. The van der Waals surface area contributed by atoms with Crippen molar-refractivity contribution in [3.8, 4) is 0 Å². The number of urea groups is 1. The van der Waals surface area contributed by atoms with Gasteiger partial charge in [-0.05, 0) is 57.3 Å². The molecule has 3 aliphatic rings. The maximum Gasteiger partial charge on any atom is 0.324 e. The van der Waals surface area contributed by atoms with Gasteiger partial charge in [0.1, 0.15) is 6.04 Å². The summed E-state index contributed by atoms with van der Waals surface area (Å²) < 4.78 is 27.0. The van der Waals surface area contributed by atoms with Gasteiger partial charge in [0, 0.05) is 18.6 Å². The molecule has 0 radical (unpaired) electrons. The summed E-state index contributed by atoms with van der Waals surface area (Å²) in [4.78, 5) is 31.0. The molecule has 0 unspecified atom stereocenters. The van der Waals surface area contributed by atoms with Crippen LogP contribution in [0.3, 0.4) is 0 Å². The second-order valence-corrected chi connectivity index (χ2v) is 12.8. The standard InChI is InChI=1S/C22H34N4O5S2/c1-15-9-11-17(12-10-15)26(16-6-3-2-4-7-16)22(29)24-21-23-14-19(32-21)33(30,31)25-13-5-8-18(25)20(27)28/h14-18H,2-13H2,1H3,(H,27,28)(H,23,24,29)/t15-,17-,18-/m1/s1. The fourth-order valence-corrected chi connectivity index (χ4v) is 8.29. The third-order valence-electron chi connectivity index (χ3n) is 7.33. The third kappa shape index (κ3) is 5.35. The topological polar surface area (TPSA) is 120 Å². The van der Waals surface area contributed by atoms with Crippen LogP contribution in [0.25, 0.3) is 0 Å². The van der Waals surface area contributed by atoms with Gasteiger partial charge in [-0.3, -0.25) is 10.1 Å². The predicted octanol–water partition coefficient (Wildman–Crippen LogP) is 4.13. The van der Waals surface area contributed by atoms with Crippen molar-refractivity contribution >= 4 is 38.5 Å². The van der Waals surface area contributed by atoms with Gasteiger partial charge in [-0.1, -0.05) is 37.5 Å². The van der Waals surface area contributed by atoms with Crippen LogP contribution in [0.2, 0.25) is 0 Å². The molecule has 1 aliphatic heterocycles. The second-order valence-electron chi connectivity index (χ2n) is 9.64. The fraction of sp³-hybridized carbons (Fsp3) is 0.773. The molecule has 2 aliphatic carbocycles. The van der Waals surface area contributed by atoms with Gasteiger partial charge >= 0.3 is 12.0 Å². The number of carboxylic acid groups (broad SMARTS) is 1. The maximum atomic E-state index is 13.4. The van der Waals surface area contributed by atoms with E-state index in [0.29, 0.717) is 18.8 Å². The molecule has 33 heavy (non-hydrogen) atoms. The predicted molar refractivity (Wildman–Crippen MR) is 126 cm³/mol. The van der Waals surface area contributed by atoms with Gasteiger partial charge < -0.3 is 10.0 Å².